The zero-order valence-corrected chi connectivity index (χ0v) is 7.71. The Labute approximate surface area is 77.8 Å². The molecule has 4 nitrogen and oxygen atoms in total. The van der Waals surface area contributed by atoms with Crippen molar-refractivity contribution in [2.75, 3.05) is 13.2 Å². The fraction of sp³-hybridized carbons (Fsp3) is 0.889. The minimum atomic E-state index is -0.126. The number of carbonyl (C=O) groups is 1. The van der Waals surface area contributed by atoms with Crippen molar-refractivity contribution in [2.24, 2.45) is 17.2 Å². The molecule has 2 aliphatic rings. The summed E-state index contributed by atoms with van der Waals surface area (Å²) in [4.78, 5) is 11.5. The zero-order chi connectivity index (χ0) is 9.31. The highest BCUT2D eigenvalue weighted by atomic mass is 16.5. The Balaban J connectivity index is 2.01. The number of nitrogens with one attached hydrogen (secondary N) is 1. The number of hydrogen-bond donors (Lipinski definition) is 2. The zero-order valence-electron chi connectivity index (χ0n) is 7.71. The molecule has 4 heteroatoms. The van der Waals surface area contributed by atoms with Crippen LogP contribution in [0, 0.1) is 11.3 Å². The van der Waals surface area contributed by atoms with Crippen molar-refractivity contribution in [2.45, 2.75) is 25.7 Å². The van der Waals surface area contributed by atoms with Crippen molar-refractivity contribution in [3.63, 3.8) is 0 Å². The molecular formula is C9H16N2O2. The average Bonchev–Trinajstić information content (AvgIpc) is 2.99. The number of nitrogens with two attached hydrogens (primary N) is 1. The highest BCUT2D eigenvalue weighted by molar-refractivity contribution is 5.85. The average molecular weight is 184 g/mol. The minimum Gasteiger partial charge on any atom is -0.381 e. The number of carbonyl (C=O) groups excluding carboxylic acids is 1. The van der Waals surface area contributed by atoms with E-state index in [0.717, 1.165) is 38.9 Å². The second-order valence-corrected chi connectivity index (χ2v) is 4.02. The van der Waals surface area contributed by atoms with E-state index in [0.29, 0.717) is 5.92 Å². The number of amides is 1. The summed E-state index contributed by atoms with van der Waals surface area (Å²) < 4.78 is 5.27. The molecule has 13 heavy (non-hydrogen) atoms. The highest BCUT2D eigenvalue weighted by Gasteiger charge is 2.55. The second-order valence-electron chi connectivity index (χ2n) is 4.02. The third-order valence-electron chi connectivity index (χ3n) is 3.37. The Morgan fingerprint density at radius 3 is 2.46 bits per heavy atom. The summed E-state index contributed by atoms with van der Waals surface area (Å²) in [6, 6.07) is 0. The monoisotopic (exact) mass is 184 g/mol. The summed E-state index contributed by atoms with van der Waals surface area (Å²) in [6.45, 7) is 1.59. The molecule has 1 saturated heterocycles. The van der Waals surface area contributed by atoms with E-state index in [1.807, 2.05) is 0 Å². The van der Waals surface area contributed by atoms with Crippen LogP contribution in [0.25, 0.3) is 0 Å². The van der Waals surface area contributed by atoms with Gasteiger partial charge in [-0.25, -0.2) is 5.84 Å². The Bertz CT molecular complexity index is 208. The molecule has 0 atom stereocenters. The van der Waals surface area contributed by atoms with E-state index in [1.54, 1.807) is 0 Å². The Hall–Kier alpha value is -0.610. The maximum atomic E-state index is 11.5. The Morgan fingerprint density at radius 1 is 1.38 bits per heavy atom. The van der Waals surface area contributed by atoms with Crippen LogP contribution in [0.15, 0.2) is 0 Å². The standard InChI is InChI=1S/C9H16N2O2/c10-11-8(12)9(3-4-9)7-1-5-13-6-2-7/h7H,1-6,10H2,(H,11,12). The normalized spacial score (nSPS) is 26.8. The number of hydrazine groups is 1. The first-order valence-electron chi connectivity index (χ1n) is 4.88. The summed E-state index contributed by atoms with van der Waals surface area (Å²) in [5.41, 5.74) is 2.16. The largest absolute Gasteiger partial charge is 0.381 e. The van der Waals surface area contributed by atoms with Crippen LogP contribution >= 0.6 is 0 Å². The van der Waals surface area contributed by atoms with E-state index in [4.69, 9.17) is 10.6 Å². The van der Waals surface area contributed by atoms with Crippen LogP contribution in [-0.4, -0.2) is 19.1 Å². The van der Waals surface area contributed by atoms with Crippen LogP contribution in [0.5, 0.6) is 0 Å². The van der Waals surface area contributed by atoms with Gasteiger partial charge in [0.05, 0.1) is 5.41 Å². The molecular weight excluding hydrogens is 168 g/mol. The molecule has 1 amide bonds. The third kappa shape index (κ3) is 1.44. The molecule has 2 fully saturated rings. The first kappa shape index (κ1) is 8.97. The smallest absolute Gasteiger partial charge is 0.240 e. The van der Waals surface area contributed by atoms with Gasteiger partial charge in [0.15, 0.2) is 0 Å². The molecule has 0 aromatic heterocycles. The topological polar surface area (TPSA) is 64.3 Å². The summed E-state index contributed by atoms with van der Waals surface area (Å²) in [5, 5.41) is 0. The van der Waals surface area contributed by atoms with E-state index >= 15 is 0 Å². The van der Waals surface area contributed by atoms with Crippen LogP contribution in [-0.2, 0) is 9.53 Å². The molecule has 74 valence electrons. The predicted molar refractivity (Wildman–Crippen MR) is 47.5 cm³/mol. The van der Waals surface area contributed by atoms with Crippen molar-refractivity contribution in [1.29, 1.82) is 0 Å². The van der Waals surface area contributed by atoms with Gasteiger partial charge in [-0.15, -0.1) is 0 Å². The third-order valence-corrected chi connectivity index (χ3v) is 3.37. The van der Waals surface area contributed by atoms with Gasteiger partial charge in [0.1, 0.15) is 0 Å². The fourth-order valence-corrected chi connectivity index (χ4v) is 2.35. The predicted octanol–water partition coefficient (Wildman–Crippen LogP) is 0.183. The van der Waals surface area contributed by atoms with Crippen molar-refractivity contribution < 1.29 is 9.53 Å². The first-order chi connectivity index (χ1) is 6.29. The van der Waals surface area contributed by atoms with Gasteiger partial charge in [0.25, 0.3) is 0 Å². The molecule has 0 spiro atoms. The van der Waals surface area contributed by atoms with Crippen molar-refractivity contribution in [3.8, 4) is 0 Å². The molecule has 1 saturated carbocycles. The molecule has 0 bridgehead atoms. The lowest BCUT2D eigenvalue weighted by Gasteiger charge is -2.28. The summed E-state index contributed by atoms with van der Waals surface area (Å²) in [7, 11) is 0. The van der Waals surface area contributed by atoms with Crippen molar-refractivity contribution >= 4 is 5.91 Å². The lowest BCUT2D eigenvalue weighted by molar-refractivity contribution is -0.129. The van der Waals surface area contributed by atoms with Gasteiger partial charge in [0.2, 0.25) is 5.91 Å². The molecule has 0 aromatic carbocycles. The molecule has 1 aliphatic carbocycles. The van der Waals surface area contributed by atoms with Gasteiger partial charge < -0.3 is 4.74 Å². The number of hydrogen-bond acceptors (Lipinski definition) is 3. The van der Waals surface area contributed by atoms with Crippen LogP contribution in [0.2, 0.25) is 0 Å². The lowest BCUT2D eigenvalue weighted by Crippen LogP contribution is -2.42. The second kappa shape index (κ2) is 3.27. The Morgan fingerprint density at radius 2 is 2.00 bits per heavy atom. The van der Waals surface area contributed by atoms with Gasteiger partial charge in [-0.1, -0.05) is 0 Å². The van der Waals surface area contributed by atoms with E-state index in [-0.39, 0.29) is 11.3 Å². The fourth-order valence-electron chi connectivity index (χ4n) is 2.35. The molecule has 0 aromatic rings. The van der Waals surface area contributed by atoms with Crippen molar-refractivity contribution in [1.82, 2.24) is 5.43 Å². The highest BCUT2D eigenvalue weighted by Crippen LogP contribution is 2.55. The molecule has 0 radical (unpaired) electrons. The van der Waals surface area contributed by atoms with E-state index < -0.39 is 0 Å². The van der Waals surface area contributed by atoms with Crippen LogP contribution in [0.3, 0.4) is 0 Å². The molecule has 0 unspecified atom stereocenters. The Kier molecular flexibility index (Phi) is 2.26. The molecule has 3 N–H and O–H groups in total. The molecule has 1 aliphatic heterocycles. The van der Waals surface area contributed by atoms with Gasteiger partial charge in [-0.3, -0.25) is 10.2 Å². The molecule has 1 heterocycles. The summed E-state index contributed by atoms with van der Waals surface area (Å²) in [6.07, 6.45) is 4.02. The van der Waals surface area contributed by atoms with E-state index in [2.05, 4.69) is 5.43 Å². The van der Waals surface area contributed by atoms with Crippen molar-refractivity contribution in [3.05, 3.63) is 0 Å². The summed E-state index contributed by atoms with van der Waals surface area (Å²) >= 11 is 0. The van der Waals surface area contributed by atoms with Gasteiger partial charge >= 0.3 is 0 Å². The lowest BCUT2D eigenvalue weighted by atomic mass is 9.82. The number of ether oxygens (including phenoxy) is 1. The van der Waals surface area contributed by atoms with Crippen LogP contribution in [0.1, 0.15) is 25.7 Å². The van der Waals surface area contributed by atoms with Crippen LogP contribution in [0.4, 0.5) is 0 Å². The van der Waals surface area contributed by atoms with Crippen LogP contribution < -0.4 is 11.3 Å². The van der Waals surface area contributed by atoms with E-state index in [1.165, 1.54) is 0 Å². The van der Waals surface area contributed by atoms with E-state index in [9.17, 15) is 4.79 Å². The molecule has 2 rings (SSSR count). The maximum Gasteiger partial charge on any atom is 0.240 e. The minimum absolute atomic E-state index is 0.0272. The summed E-state index contributed by atoms with van der Waals surface area (Å²) in [5.74, 6) is 5.69. The SMILES string of the molecule is NNC(=O)C1(C2CCOCC2)CC1. The first-order valence-corrected chi connectivity index (χ1v) is 4.88. The van der Waals surface area contributed by atoms with Gasteiger partial charge in [0, 0.05) is 13.2 Å². The van der Waals surface area contributed by atoms with Gasteiger partial charge in [-0.05, 0) is 31.6 Å². The maximum absolute atomic E-state index is 11.5. The van der Waals surface area contributed by atoms with Gasteiger partial charge in [-0.2, -0.15) is 0 Å². The quantitative estimate of drug-likeness (QED) is 0.365. The number of rotatable bonds is 2.